The molecule has 0 aromatic heterocycles. The molecule has 1 aromatic rings. The van der Waals surface area contributed by atoms with Gasteiger partial charge in [0.1, 0.15) is 6.42 Å². The number of carbonyl (C=O) groups excluding carboxylic acids is 2. The summed E-state index contributed by atoms with van der Waals surface area (Å²) in [5.41, 5.74) is 2.32. The summed E-state index contributed by atoms with van der Waals surface area (Å²) in [6.07, 6.45) is 0.866. The lowest BCUT2D eigenvalue weighted by molar-refractivity contribution is -0.239. The Bertz CT molecular complexity index is 445. The van der Waals surface area contributed by atoms with Crippen LogP contribution in [0.25, 0.3) is 0 Å². The zero-order chi connectivity index (χ0) is 13.2. The molecule has 0 saturated carbocycles. The molecular formula is C14H16O4. The third-order valence-corrected chi connectivity index (χ3v) is 2.94. The van der Waals surface area contributed by atoms with E-state index >= 15 is 0 Å². The number of hydrogen-bond donors (Lipinski definition) is 0. The van der Waals surface area contributed by atoms with Gasteiger partial charge >= 0.3 is 11.9 Å². The molecule has 0 radical (unpaired) electrons. The number of hydrogen-bond acceptors (Lipinski definition) is 4. The minimum absolute atomic E-state index is 0.292. The maximum absolute atomic E-state index is 11.2. The second kappa shape index (κ2) is 4.80. The highest BCUT2D eigenvalue weighted by Gasteiger charge is 2.38. The fourth-order valence-electron chi connectivity index (χ4n) is 1.92. The second-order valence-corrected chi connectivity index (χ2v) is 4.74. The van der Waals surface area contributed by atoms with Crippen molar-refractivity contribution in [1.82, 2.24) is 0 Å². The Hall–Kier alpha value is -1.84. The van der Waals surface area contributed by atoms with Crippen LogP contribution >= 0.6 is 0 Å². The van der Waals surface area contributed by atoms with Crippen LogP contribution in [0, 0.1) is 6.92 Å². The van der Waals surface area contributed by atoms with Crippen LogP contribution in [0.2, 0.25) is 0 Å². The van der Waals surface area contributed by atoms with Crippen LogP contribution in [0.1, 0.15) is 30.9 Å². The Morgan fingerprint density at radius 3 is 2.22 bits per heavy atom. The number of rotatable bonds is 3. The Labute approximate surface area is 106 Å². The van der Waals surface area contributed by atoms with Gasteiger partial charge in [-0.1, -0.05) is 29.8 Å². The average Bonchev–Trinajstić information content (AvgIpc) is 2.26. The molecule has 0 unspecified atom stereocenters. The summed E-state index contributed by atoms with van der Waals surface area (Å²) in [5, 5.41) is 0. The molecule has 96 valence electrons. The molecular weight excluding hydrogens is 232 g/mol. The minimum atomic E-state index is -1.13. The molecule has 4 nitrogen and oxygen atoms in total. The average molecular weight is 248 g/mol. The monoisotopic (exact) mass is 248 g/mol. The lowest BCUT2D eigenvalue weighted by Gasteiger charge is -2.32. The molecule has 0 aliphatic carbocycles. The predicted octanol–water partition coefficient (Wildman–Crippen LogP) is 2.13. The van der Waals surface area contributed by atoms with E-state index in [9.17, 15) is 9.59 Å². The Morgan fingerprint density at radius 2 is 1.67 bits per heavy atom. The summed E-state index contributed by atoms with van der Waals surface area (Å²) in [4.78, 5) is 22.4. The van der Waals surface area contributed by atoms with Crippen LogP contribution in [-0.4, -0.2) is 17.7 Å². The number of carbonyl (C=O) groups is 2. The Balaban J connectivity index is 1.98. The molecule has 1 aliphatic rings. The van der Waals surface area contributed by atoms with E-state index in [-0.39, 0.29) is 6.42 Å². The van der Waals surface area contributed by atoms with Gasteiger partial charge in [-0.05, 0) is 18.9 Å². The van der Waals surface area contributed by atoms with E-state index in [1.807, 2.05) is 31.2 Å². The van der Waals surface area contributed by atoms with Gasteiger partial charge in [-0.3, -0.25) is 9.59 Å². The zero-order valence-corrected chi connectivity index (χ0v) is 10.6. The van der Waals surface area contributed by atoms with Crippen molar-refractivity contribution in [2.24, 2.45) is 0 Å². The third-order valence-electron chi connectivity index (χ3n) is 2.94. The van der Waals surface area contributed by atoms with Crippen molar-refractivity contribution >= 4 is 11.9 Å². The lowest BCUT2D eigenvalue weighted by Crippen LogP contribution is -2.43. The van der Waals surface area contributed by atoms with E-state index in [1.165, 1.54) is 5.56 Å². The fourth-order valence-corrected chi connectivity index (χ4v) is 1.92. The van der Waals surface area contributed by atoms with Gasteiger partial charge in [0.05, 0.1) is 0 Å². The van der Waals surface area contributed by atoms with Crippen molar-refractivity contribution in [3.8, 4) is 0 Å². The minimum Gasteiger partial charge on any atom is -0.422 e. The van der Waals surface area contributed by atoms with Gasteiger partial charge < -0.3 is 9.47 Å². The van der Waals surface area contributed by atoms with Crippen molar-refractivity contribution in [1.29, 1.82) is 0 Å². The van der Waals surface area contributed by atoms with Crippen molar-refractivity contribution < 1.29 is 19.1 Å². The van der Waals surface area contributed by atoms with Gasteiger partial charge in [0.2, 0.25) is 0 Å². The van der Waals surface area contributed by atoms with Crippen molar-refractivity contribution in [2.75, 3.05) is 0 Å². The van der Waals surface area contributed by atoms with E-state index in [4.69, 9.17) is 9.47 Å². The lowest BCUT2D eigenvalue weighted by atomic mass is 10.0. The van der Waals surface area contributed by atoms with Crippen LogP contribution in [0.3, 0.4) is 0 Å². The molecule has 0 bridgehead atoms. The maximum Gasteiger partial charge on any atom is 0.320 e. The van der Waals surface area contributed by atoms with Gasteiger partial charge in [0.25, 0.3) is 5.79 Å². The zero-order valence-electron chi connectivity index (χ0n) is 10.6. The molecule has 0 atom stereocenters. The highest BCUT2D eigenvalue weighted by atomic mass is 16.7. The maximum atomic E-state index is 11.2. The standard InChI is InChI=1S/C14H16O4/c1-10-3-5-11(6-4-10)7-8-14(2)17-12(15)9-13(16)18-14/h3-6H,7-9H2,1-2H3. The first-order chi connectivity index (χ1) is 8.47. The summed E-state index contributed by atoms with van der Waals surface area (Å²) >= 11 is 0. The Kier molecular flexibility index (Phi) is 3.36. The molecule has 0 spiro atoms. The van der Waals surface area contributed by atoms with Crippen molar-refractivity contribution in [3.63, 3.8) is 0 Å². The number of benzene rings is 1. The molecule has 0 amide bonds. The number of esters is 2. The van der Waals surface area contributed by atoms with E-state index in [0.29, 0.717) is 12.8 Å². The van der Waals surface area contributed by atoms with Crippen LogP contribution in [0.5, 0.6) is 0 Å². The number of cyclic esters (lactones) is 2. The van der Waals surface area contributed by atoms with Crippen LogP contribution < -0.4 is 0 Å². The molecule has 2 rings (SSSR count). The Morgan fingerprint density at radius 1 is 1.11 bits per heavy atom. The summed E-state index contributed by atoms with van der Waals surface area (Å²) in [5.74, 6) is -2.16. The first-order valence-electron chi connectivity index (χ1n) is 5.96. The normalized spacial score (nSPS) is 18.1. The number of ether oxygens (including phenoxy) is 2. The van der Waals surface area contributed by atoms with E-state index in [2.05, 4.69) is 0 Å². The second-order valence-electron chi connectivity index (χ2n) is 4.74. The van der Waals surface area contributed by atoms with E-state index in [1.54, 1.807) is 6.92 Å². The molecule has 1 fully saturated rings. The largest absolute Gasteiger partial charge is 0.422 e. The quantitative estimate of drug-likeness (QED) is 0.607. The van der Waals surface area contributed by atoms with Crippen LogP contribution in [0.4, 0.5) is 0 Å². The SMILES string of the molecule is Cc1ccc(CCC2(C)OC(=O)CC(=O)O2)cc1. The smallest absolute Gasteiger partial charge is 0.320 e. The van der Waals surface area contributed by atoms with Gasteiger partial charge in [-0.2, -0.15) is 0 Å². The third kappa shape index (κ3) is 3.09. The predicted molar refractivity (Wildman–Crippen MR) is 64.7 cm³/mol. The van der Waals surface area contributed by atoms with Crippen LogP contribution in [0.15, 0.2) is 24.3 Å². The van der Waals surface area contributed by atoms with Crippen molar-refractivity contribution in [2.45, 2.75) is 38.9 Å². The summed E-state index contributed by atoms with van der Waals surface area (Å²) < 4.78 is 10.2. The number of aryl methyl sites for hydroxylation is 2. The molecule has 1 heterocycles. The highest BCUT2D eigenvalue weighted by Crippen LogP contribution is 2.25. The van der Waals surface area contributed by atoms with Gasteiger partial charge in [-0.25, -0.2) is 0 Å². The van der Waals surface area contributed by atoms with Gasteiger partial charge in [-0.15, -0.1) is 0 Å². The van der Waals surface area contributed by atoms with E-state index < -0.39 is 17.7 Å². The first-order valence-corrected chi connectivity index (χ1v) is 5.96. The fraction of sp³-hybridized carbons (Fsp3) is 0.429. The van der Waals surface area contributed by atoms with Crippen LogP contribution in [-0.2, 0) is 25.5 Å². The van der Waals surface area contributed by atoms with E-state index in [0.717, 1.165) is 5.56 Å². The molecule has 1 saturated heterocycles. The highest BCUT2D eigenvalue weighted by molar-refractivity contribution is 5.93. The molecule has 1 aromatic carbocycles. The van der Waals surface area contributed by atoms with Gasteiger partial charge in [0.15, 0.2) is 0 Å². The first kappa shape index (κ1) is 12.6. The summed E-state index contributed by atoms with van der Waals surface area (Å²) in [7, 11) is 0. The molecule has 18 heavy (non-hydrogen) atoms. The molecule has 4 heteroatoms. The molecule has 0 N–H and O–H groups in total. The molecule has 1 aliphatic heterocycles. The summed E-state index contributed by atoms with van der Waals surface area (Å²) in [6, 6.07) is 8.09. The van der Waals surface area contributed by atoms with Crippen molar-refractivity contribution in [3.05, 3.63) is 35.4 Å². The van der Waals surface area contributed by atoms with Gasteiger partial charge in [0, 0.05) is 13.3 Å². The summed E-state index contributed by atoms with van der Waals surface area (Å²) in [6.45, 7) is 3.64. The topological polar surface area (TPSA) is 52.6 Å².